The van der Waals surface area contributed by atoms with Gasteiger partial charge < -0.3 is 19.1 Å². The minimum atomic E-state index is -3.90. The zero-order valence-corrected chi connectivity index (χ0v) is 18.9. The summed E-state index contributed by atoms with van der Waals surface area (Å²) in [4.78, 5) is 26.6. The summed E-state index contributed by atoms with van der Waals surface area (Å²) in [7, 11) is -0.106. The van der Waals surface area contributed by atoms with Gasteiger partial charge in [-0.1, -0.05) is 0 Å². The molecule has 3 aromatic rings. The molecule has 0 bridgehead atoms. The molecule has 0 saturated carbocycles. The van der Waals surface area contributed by atoms with Gasteiger partial charge in [-0.15, -0.1) is 0 Å². The lowest BCUT2D eigenvalue weighted by molar-refractivity contribution is 0.0991. The highest BCUT2D eigenvalue weighted by Gasteiger charge is 2.26. The number of benzene rings is 1. The van der Waals surface area contributed by atoms with Gasteiger partial charge in [0.05, 0.1) is 5.52 Å². The van der Waals surface area contributed by atoms with E-state index in [0.717, 1.165) is 0 Å². The number of carbonyl (C=O) groups excluding carboxylic acids is 1. The number of likely N-dealkylation sites (N-methyl/N-ethyl adjacent to an activating group) is 1. The summed E-state index contributed by atoms with van der Waals surface area (Å²) in [5, 5.41) is 2.30. The van der Waals surface area contributed by atoms with E-state index in [1.807, 2.05) is 19.0 Å². The van der Waals surface area contributed by atoms with Crippen LogP contribution in [0.3, 0.4) is 0 Å². The third-order valence-electron chi connectivity index (χ3n) is 4.21. The smallest absolute Gasteiger partial charge is 0.419 e. The van der Waals surface area contributed by atoms with E-state index >= 15 is 0 Å². The molecule has 1 amide bonds. The molecule has 0 saturated heterocycles. The average Bonchev–Trinajstić information content (AvgIpc) is 3.23. The van der Waals surface area contributed by atoms with Gasteiger partial charge in [0.15, 0.2) is 11.3 Å². The van der Waals surface area contributed by atoms with Crippen molar-refractivity contribution in [2.24, 2.45) is 0 Å². The standard InChI is InChI=1S/C20H26N4O6S/c1-20(2,3)22-31(27,28)17-9-8-16(29-17)18(25)21-13-6-7-15-14(12-13)24(19(26)30-15)11-10-23(4)5/h6-9,12,22H,10-11H2,1-5H3,(H,21,25). The molecule has 168 valence electrons. The fourth-order valence-electron chi connectivity index (χ4n) is 2.88. The van der Waals surface area contributed by atoms with Gasteiger partial charge in [0.1, 0.15) is 0 Å². The topological polar surface area (TPSA) is 127 Å². The number of nitrogens with zero attached hydrogens (tertiary/aromatic N) is 2. The fraction of sp³-hybridized carbons (Fsp3) is 0.400. The lowest BCUT2D eigenvalue weighted by Crippen LogP contribution is -2.40. The SMILES string of the molecule is CN(C)CCn1c(=O)oc2ccc(NC(=O)c3ccc(S(=O)(=O)NC(C)(C)C)o3)cc21. The Morgan fingerprint density at radius 2 is 1.84 bits per heavy atom. The zero-order valence-electron chi connectivity index (χ0n) is 18.1. The Morgan fingerprint density at radius 3 is 2.48 bits per heavy atom. The van der Waals surface area contributed by atoms with Gasteiger partial charge in [-0.2, -0.15) is 0 Å². The van der Waals surface area contributed by atoms with Crippen LogP contribution < -0.4 is 15.8 Å². The van der Waals surface area contributed by atoms with E-state index in [2.05, 4.69) is 10.0 Å². The summed E-state index contributed by atoms with van der Waals surface area (Å²) in [6.07, 6.45) is 0. The minimum Gasteiger partial charge on any atom is -0.438 e. The van der Waals surface area contributed by atoms with Gasteiger partial charge in [-0.05, 0) is 65.2 Å². The Kier molecular flexibility index (Phi) is 6.12. The molecular weight excluding hydrogens is 424 g/mol. The molecule has 0 atom stereocenters. The van der Waals surface area contributed by atoms with Crippen LogP contribution in [-0.4, -0.2) is 50.0 Å². The van der Waals surface area contributed by atoms with Crippen LogP contribution in [-0.2, 0) is 16.6 Å². The molecule has 2 N–H and O–H groups in total. The molecule has 2 heterocycles. The third kappa shape index (κ3) is 5.43. The van der Waals surface area contributed by atoms with Crippen molar-refractivity contribution in [1.29, 1.82) is 0 Å². The van der Waals surface area contributed by atoms with Crippen molar-refractivity contribution in [3.05, 3.63) is 46.6 Å². The summed E-state index contributed by atoms with van der Waals surface area (Å²) < 4.78 is 39.2. The van der Waals surface area contributed by atoms with E-state index in [4.69, 9.17) is 8.83 Å². The summed E-state index contributed by atoms with van der Waals surface area (Å²) in [5.74, 6) is -1.26. The van der Waals surface area contributed by atoms with Gasteiger partial charge in [-0.3, -0.25) is 9.36 Å². The van der Waals surface area contributed by atoms with E-state index in [1.54, 1.807) is 39.0 Å². The number of hydrogen-bond acceptors (Lipinski definition) is 7. The van der Waals surface area contributed by atoms with E-state index in [9.17, 15) is 18.0 Å². The van der Waals surface area contributed by atoms with Crippen molar-refractivity contribution in [1.82, 2.24) is 14.2 Å². The number of anilines is 1. The second-order valence-corrected chi connectivity index (χ2v) is 10.0. The van der Waals surface area contributed by atoms with Crippen LogP contribution in [0.25, 0.3) is 11.1 Å². The number of aromatic nitrogens is 1. The molecule has 0 fully saturated rings. The van der Waals surface area contributed by atoms with Crippen LogP contribution in [0.5, 0.6) is 0 Å². The van der Waals surface area contributed by atoms with Crippen molar-refractivity contribution < 1.29 is 22.0 Å². The van der Waals surface area contributed by atoms with Crippen molar-refractivity contribution in [3.8, 4) is 0 Å². The largest absolute Gasteiger partial charge is 0.438 e. The highest BCUT2D eigenvalue weighted by Crippen LogP contribution is 2.21. The fourth-order valence-corrected chi connectivity index (χ4v) is 4.24. The van der Waals surface area contributed by atoms with Crippen molar-refractivity contribution in [2.45, 2.75) is 37.9 Å². The molecule has 1 aromatic carbocycles. The number of furan rings is 1. The van der Waals surface area contributed by atoms with Gasteiger partial charge in [0.25, 0.3) is 15.9 Å². The van der Waals surface area contributed by atoms with E-state index in [1.165, 1.54) is 16.7 Å². The van der Waals surface area contributed by atoms with Crippen LogP contribution in [0.2, 0.25) is 0 Å². The molecule has 0 unspecified atom stereocenters. The highest BCUT2D eigenvalue weighted by molar-refractivity contribution is 7.89. The summed E-state index contributed by atoms with van der Waals surface area (Å²) >= 11 is 0. The molecule has 0 aliphatic rings. The highest BCUT2D eigenvalue weighted by atomic mass is 32.2. The van der Waals surface area contributed by atoms with Gasteiger partial charge in [0.2, 0.25) is 5.09 Å². The second kappa shape index (κ2) is 8.33. The number of fused-ring (bicyclic) bond motifs is 1. The van der Waals surface area contributed by atoms with Crippen LogP contribution >= 0.6 is 0 Å². The van der Waals surface area contributed by atoms with E-state index in [-0.39, 0.29) is 10.9 Å². The number of oxazole rings is 1. The van der Waals surface area contributed by atoms with Crippen LogP contribution in [0.1, 0.15) is 31.3 Å². The van der Waals surface area contributed by atoms with Crippen LogP contribution in [0.15, 0.2) is 49.1 Å². The van der Waals surface area contributed by atoms with Crippen molar-refractivity contribution in [2.75, 3.05) is 26.0 Å². The summed E-state index contributed by atoms with van der Waals surface area (Å²) in [6, 6.07) is 7.30. The first-order valence-corrected chi connectivity index (χ1v) is 11.1. The maximum atomic E-state index is 12.6. The Hall–Kier alpha value is -2.89. The number of hydrogen-bond donors (Lipinski definition) is 2. The first kappa shape index (κ1) is 22.8. The van der Waals surface area contributed by atoms with E-state index in [0.29, 0.717) is 29.9 Å². The molecule has 11 heteroatoms. The maximum Gasteiger partial charge on any atom is 0.419 e. The Balaban J connectivity index is 1.82. The third-order valence-corrected chi connectivity index (χ3v) is 5.84. The predicted molar refractivity (Wildman–Crippen MR) is 116 cm³/mol. The lowest BCUT2D eigenvalue weighted by Gasteiger charge is -2.18. The van der Waals surface area contributed by atoms with Gasteiger partial charge in [0, 0.05) is 24.3 Å². The zero-order chi connectivity index (χ0) is 23.0. The van der Waals surface area contributed by atoms with Crippen LogP contribution in [0.4, 0.5) is 5.69 Å². The lowest BCUT2D eigenvalue weighted by atomic mass is 10.1. The van der Waals surface area contributed by atoms with E-state index < -0.39 is 27.2 Å². The Morgan fingerprint density at radius 1 is 1.13 bits per heavy atom. The summed E-state index contributed by atoms with van der Waals surface area (Å²) in [6.45, 7) is 6.16. The van der Waals surface area contributed by atoms with Crippen molar-refractivity contribution >= 4 is 32.7 Å². The number of rotatable bonds is 7. The van der Waals surface area contributed by atoms with Crippen molar-refractivity contribution in [3.63, 3.8) is 0 Å². The molecule has 10 nitrogen and oxygen atoms in total. The van der Waals surface area contributed by atoms with Gasteiger partial charge >= 0.3 is 5.76 Å². The Labute approximate surface area is 179 Å². The number of nitrogens with one attached hydrogen (secondary N) is 2. The predicted octanol–water partition coefficient (Wildman–Crippen LogP) is 2.08. The summed E-state index contributed by atoms with van der Waals surface area (Å²) in [5.41, 5.74) is 0.657. The second-order valence-electron chi connectivity index (χ2n) is 8.43. The maximum absolute atomic E-state index is 12.6. The minimum absolute atomic E-state index is 0.161. The molecule has 31 heavy (non-hydrogen) atoms. The monoisotopic (exact) mass is 450 g/mol. The molecule has 0 spiro atoms. The normalized spacial score (nSPS) is 12.6. The average molecular weight is 451 g/mol. The molecule has 3 rings (SSSR count). The molecule has 0 radical (unpaired) electrons. The number of carbonyl (C=O) groups is 1. The number of sulfonamides is 1. The first-order valence-electron chi connectivity index (χ1n) is 9.59. The Bertz CT molecular complexity index is 1260. The number of amides is 1. The molecule has 2 aromatic heterocycles. The first-order chi connectivity index (χ1) is 14.4. The molecular formula is C20H26N4O6S. The molecule has 0 aliphatic heterocycles. The molecule has 0 aliphatic carbocycles. The van der Waals surface area contributed by atoms with Crippen LogP contribution in [0, 0.1) is 0 Å². The quantitative estimate of drug-likeness (QED) is 0.564. The van der Waals surface area contributed by atoms with Gasteiger partial charge in [-0.25, -0.2) is 17.9 Å².